The summed E-state index contributed by atoms with van der Waals surface area (Å²) in [5, 5.41) is 4.66. The number of imide groups is 1. The summed E-state index contributed by atoms with van der Waals surface area (Å²) in [5.74, 6) is -0.234. The van der Waals surface area contributed by atoms with Crippen molar-refractivity contribution in [2.45, 2.75) is 6.42 Å². The zero-order valence-electron chi connectivity index (χ0n) is 14.2. The SMILES string of the molecule is CNC(=O)NC(=O)CCN1CCN(C/C=C/c2ccccc2)CC1. The van der Waals surface area contributed by atoms with Gasteiger partial charge in [0.2, 0.25) is 5.91 Å². The van der Waals surface area contributed by atoms with Gasteiger partial charge in [0.25, 0.3) is 0 Å². The van der Waals surface area contributed by atoms with Gasteiger partial charge in [-0.1, -0.05) is 42.5 Å². The molecule has 0 spiro atoms. The first-order chi connectivity index (χ1) is 11.7. The van der Waals surface area contributed by atoms with Gasteiger partial charge in [0.05, 0.1) is 0 Å². The van der Waals surface area contributed by atoms with Crippen molar-refractivity contribution in [2.24, 2.45) is 0 Å². The van der Waals surface area contributed by atoms with Crippen LogP contribution in [0, 0.1) is 0 Å². The van der Waals surface area contributed by atoms with Crippen LogP contribution >= 0.6 is 0 Å². The Bertz CT molecular complexity index is 551. The minimum atomic E-state index is -0.449. The number of benzene rings is 1. The monoisotopic (exact) mass is 330 g/mol. The summed E-state index contributed by atoms with van der Waals surface area (Å²) in [6.07, 6.45) is 4.69. The van der Waals surface area contributed by atoms with Crippen LogP contribution in [0.1, 0.15) is 12.0 Å². The van der Waals surface area contributed by atoms with E-state index in [1.54, 1.807) is 0 Å². The molecule has 130 valence electrons. The highest BCUT2D eigenvalue weighted by atomic mass is 16.2. The van der Waals surface area contributed by atoms with Crippen molar-refractivity contribution in [3.63, 3.8) is 0 Å². The van der Waals surface area contributed by atoms with Crippen molar-refractivity contribution in [3.8, 4) is 0 Å². The molecule has 3 amide bonds. The van der Waals surface area contributed by atoms with Crippen LogP contribution in [0.15, 0.2) is 36.4 Å². The van der Waals surface area contributed by atoms with Crippen LogP contribution in [-0.4, -0.2) is 68.1 Å². The first-order valence-electron chi connectivity index (χ1n) is 8.35. The minimum absolute atomic E-state index is 0.234. The van der Waals surface area contributed by atoms with Gasteiger partial charge in [-0.25, -0.2) is 4.79 Å². The number of hydrogen-bond donors (Lipinski definition) is 2. The summed E-state index contributed by atoms with van der Waals surface area (Å²) in [7, 11) is 1.49. The fourth-order valence-electron chi connectivity index (χ4n) is 2.61. The summed E-state index contributed by atoms with van der Waals surface area (Å²) < 4.78 is 0. The van der Waals surface area contributed by atoms with Gasteiger partial charge in [-0.3, -0.25) is 15.0 Å². The number of rotatable bonds is 6. The number of carbonyl (C=O) groups excluding carboxylic acids is 2. The van der Waals surface area contributed by atoms with Gasteiger partial charge < -0.3 is 10.2 Å². The predicted octanol–water partition coefficient (Wildman–Crippen LogP) is 1.16. The molecule has 6 heteroatoms. The van der Waals surface area contributed by atoms with Crippen LogP contribution in [0.3, 0.4) is 0 Å². The van der Waals surface area contributed by atoms with E-state index < -0.39 is 6.03 Å². The molecule has 1 aromatic carbocycles. The number of carbonyl (C=O) groups is 2. The summed E-state index contributed by atoms with van der Waals surface area (Å²) in [6, 6.07) is 9.84. The molecular formula is C18H26N4O2. The molecular weight excluding hydrogens is 304 g/mol. The van der Waals surface area contributed by atoms with Crippen LogP contribution in [0.5, 0.6) is 0 Å². The van der Waals surface area contributed by atoms with Crippen LogP contribution in [0.4, 0.5) is 4.79 Å². The normalized spacial score (nSPS) is 16.2. The average Bonchev–Trinajstić information content (AvgIpc) is 2.62. The number of amides is 3. The maximum Gasteiger partial charge on any atom is 0.321 e. The topological polar surface area (TPSA) is 64.7 Å². The largest absolute Gasteiger partial charge is 0.341 e. The Morgan fingerprint density at radius 1 is 1.08 bits per heavy atom. The molecule has 0 radical (unpaired) electrons. The lowest BCUT2D eigenvalue weighted by Crippen LogP contribution is -2.47. The molecule has 0 bridgehead atoms. The Morgan fingerprint density at radius 3 is 2.42 bits per heavy atom. The quantitative estimate of drug-likeness (QED) is 0.822. The van der Waals surface area contributed by atoms with Crippen molar-refractivity contribution in [1.29, 1.82) is 0 Å². The van der Waals surface area contributed by atoms with Crippen LogP contribution < -0.4 is 10.6 Å². The van der Waals surface area contributed by atoms with E-state index in [1.165, 1.54) is 12.6 Å². The molecule has 1 aromatic rings. The van der Waals surface area contributed by atoms with Gasteiger partial charge >= 0.3 is 6.03 Å². The Morgan fingerprint density at radius 2 is 1.75 bits per heavy atom. The fourth-order valence-corrected chi connectivity index (χ4v) is 2.61. The molecule has 0 saturated carbocycles. The van der Waals surface area contributed by atoms with Crippen LogP contribution in [0.2, 0.25) is 0 Å². The zero-order valence-corrected chi connectivity index (χ0v) is 14.2. The maximum atomic E-state index is 11.6. The molecule has 1 fully saturated rings. The Labute approximate surface area is 143 Å². The van der Waals surface area contributed by atoms with E-state index in [0.29, 0.717) is 13.0 Å². The van der Waals surface area contributed by atoms with E-state index in [9.17, 15) is 9.59 Å². The second-order valence-corrected chi connectivity index (χ2v) is 5.83. The summed E-state index contributed by atoms with van der Waals surface area (Å²) in [4.78, 5) is 27.3. The zero-order chi connectivity index (χ0) is 17.2. The van der Waals surface area contributed by atoms with Crippen LogP contribution in [0.25, 0.3) is 6.08 Å². The van der Waals surface area contributed by atoms with Crippen molar-refractivity contribution in [2.75, 3.05) is 46.3 Å². The molecule has 1 aliphatic rings. The summed E-state index contributed by atoms with van der Waals surface area (Å²) in [6.45, 7) is 5.53. The van der Waals surface area contributed by atoms with Gasteiger partial charge in [0.15, 0.2) is 0 Å². The van der Waals surface area contributed by atoms with Gasteiger partial charge in [0, 0.05) is 52.7 Å². The Balaban J connectivity index is 1.62. The van der Waals surface area contributed by atoms with E-state index in [2.05, 4.69) is 44.7 Å². The van der Waals surface area contributed by atoms with Crippen LogP contribution in [-0.2, 0) is 4.79 Å². The molecule has 0 unspecified atom stereocenters. The molecule has 24 heavy (non-hydrogen) atoms. The van der Waals surface area contributed by atoms with Crippen molar-refractivity contribution in [1.82, 2.24) is 20.4 Å². The third-order valence-electron chi connectivity index (χ3n) is 4.07. The maximum absolute atomic E-state index is 11.6. The molecule has 1 aliphatic heterocycles. The lowest BCUT2D eigenvalue weighted by molar-refractivity contribution is -0.120. The highest BCUT2D eigenvalue weighted by Crippen LogP contribution is 2.05. The number of urea groups is 1. The Hall–Kier alpha value is -2.18. The minimum Gasteiger partial charge on any atom is -0.341 e. The molecule has 0 aliphatic carbocycles. The van der Waals surface area contributed by atoms with Gasteiger partial charge in [-0.2, -0.15) is 0 Å². The van der Waals surface area contributed by atoms with Crippen molar-refractivity contribution >= 4 is 18.0 Å². The predicted molar refractivity (Wildman–Crippen MR) is 95.6 cm³/mol. The highest BCUT2D eigenvalue weighted by molar-refractivity contribution is 5.94. The molecule has 0 aromatic heterocycles. The molecule has 6 nitrogen and oxygen atoms in total. The molecule has 2 N–H and O–H groups in total. The van der Waals surface area contributed by atoms with E-state index in [1.807, 2.05) is 18.2 Å². The van der Waals surface area contributed by atoms with Gasteiger partial charge in [0.1, 0.15) is 0 Å². The highest BCUT2D eigenvalue weighted by Gasteiger charge is 2.16. The number of nitrogens with one attached hydrogen (secondary N) is 2. The van der Waals surface area contributed by atoms with E-state index >= 15 is 0 Å². The lowest BCUT2D eigenvalue weighted by atomic mass is 10.2. The summed E-state index contributed by atoms with van der Waals surface area (Å²) in [5.41, 5.74) is 1.22. The number of piperazine rings is 1. The van der Waals surface area contributed by atoms with E-state index in [0.717, 1.165) is 32.7 Å². The first-order valence-corrected chi connectivity index (χ1v) is 8.35. The smallest absolute Gasteiger partial charge is 0.321 e. The van der Waals surface area contributed by atoms with Crippen molar-refractivity contribution in [3.05, 3.63) is 42.0 Å². The number of nitrogens with zero attached hydrogens (tertiary/aromatic N) is 2. The third kappa shape index (κ3) is 6.52. The second-order valence-electron chi connectivity index (χ2n) is 5.83. The fraction of sp³-hybridized carbons (Fsp3) is 0.444. The standard InChI is InChI=1S/C18H26N4O2/c1-19-18(24)20-17(23)9-11-22-14-12-21(13-15-22)10-5-8-16-6-3-2-4-7-16/h2-8H,9-15H2,1H3,(H2,19,20,23,24)/b8-5+. The average molecular weight is 330 g/mol. The van der Waals surface area contributed by atoms with E-state index in [4.69, 9.17) is 0 Å². The van der Waals surface area contributed by atoms with E-state index in [-0.39, 0.29) is 5.91 Å². The second kappa shape index (κ2) is 9.85. The van der Waals surface area contributed by atoms with Gasteiger partial charge in [-0.05, 0) is 5.56 Å². The Kier molecular flexibility index (Phi) is 7.45. The molecule has 2 rings (SSSR count). The number of hydrogen-bond acceptors (Lipinski definition) is 4. The molecule has 1 saturated heterocycles. The molecule has 1 heterocycles. The van der Waals surface area contributed by atoms with Gasteiger partial charge in [-0.15, -0.1) is 0 Å². The van der Waals surface area contributed by atoms with Crippen molar-refractivity contribution < 1.29 is 9.59 Å². The molecule has 0 atom stereocenters. The first kappa shape index (κ1) is 18.2. The lowest BCUT2D eigenvalue weighted by Gasteiger charge is -2.33. The summed E-state index contributed by atoms with van der Waals surface area (Å²) >= 11 is 0. The third-order valence-corrected chi connectivity index (χ3v) is 4.07.